The average Bonchev–Trinajstić information content (AvgIpc) is 3.27. The van der Waals surface area contributed by atoms with Crippen LogP contribution in [0.3, 0.4) is 0 Å². The van der Waals surface area contributed by atoms with Crippen LogP contribution < -0.4 is 9.64 Å². The summed E-state index contributed by atoms with van der Waals surface area (Å²) in [6, 6.07) is 13.8. The van der Waals surface area contributed by atoms with E-state index in [-0.39, 0.29) is 23.0 Å². The van der Waals surface area contributed by atoms with Gasteiger partial charge in [0.2, 0.25) is 5.91 Å². The Balaban J connectivity index is 1.53. The van der Waals surface area contributed by atoms with Gasteiger partial charge in [-0.15, -0.1) is 0 Å². The molecule has 0 aliphatic carbocycles. The molecule has 33 heavy (non-hydrogen) atoms. The number of carbonyl (C=O) groups excluding carboxylic acids is 1. The first-order valence-corrected chi connectivity index (χ1v) is 13.3. The Morgan fingerprint density at radius 3 is 2.67 bits per heavy atom. The van der Waals surface area contributed by atoms with E-state index >= 15 is 0 Å². The molecule has 1 saturated heterocycles. The molecule has 0 N–H and O–H groups in total. The summed E-state index contributed by atoms with van der Waals surface area (Å²) in [4.78, 5) is 22.0. The molecular formula is C23H27N3O5S2. The van der Waals surface area contributed by atoms with E-state index in [1.807, 2.05) is 18.2 Å². The van der Waals surface area contributed by atoms with Gasteiger partial charge in [0.15, 0.2) is 15.0 Å². The third-order valence-corrected chi connectivity index (χ3v) is 8.34. The van der Waals surface area contributed by atoms with Crippen LogP contribution in [0.5, 0.6) is 5.75 Å². The van der Waals surface area contributed by atoms with E-state index in [0.717, 1.165) is 23.3 Å². The first-order chi connectivity index (χ1) is 16.0. The molecule has 4 rings (SSSR count). The number of hydrogen-bond donors (Lipinski definition) is 0. The minimum atomic E-state index is -3.55. The number of morpholine rings is 1. The van der Waals surface area contributed by atoms with Crippen molar-refractivity contribution < 1.29 is 22.7 Å². The number of hydrogen-bond acceptors (Lipinski definition) is 8. The molecule has 10 heteroatoms. The zero-order valence-electron chi connectivity index (χ0n) is 18.5. The number of sulfone groups is 1. The number of benzene rings is 2. The third-order valence-electron chi connectivity index (χ3n) is 5.55. The molecule has 1 amide bonds. The highest BCUT2D eigenvalue weighted by Gasteiger charge is 2.24. The second-order valence-electron chi connectivity index (χ2n) is 7.71. The number of thiazole rings is 1. The quantitative estimate of drug-likeness (QED) is 0.457. The largest absolute Gasteiger partial charge is 0.497 e. The first-order valence-electron chi connectivity index (χ1n) is 10.8. The topological polar surface area (TPSA) is 89.0 Å². The molecule has 0 spiro atoms. The summed E-state index contributed by atoms with van der Waals surface area (Å²) in [5.74, 6) is 0.191. The Morgan fingerprint density at radius 1 is 1.18 bits per heavy atom. The zero-order chi connectivity index (χ0) is 23.3. The standard InChI is InChI=1S/C23H27N3O5S2/c1-30-18-7-8-21-20(17-18)24-23(32-21)26(11-10-25-12-14-31-15-13-25)22(27)9-16-33(28,29)19-5-3-2-4-6-19/h2-8,17H,9-16H2,1H3. The minimum Gasteiger partial charge on any atom is -0.497 e. The van der Waals surface area contributed by atoms with E-state index in [9.17, 15) is 13.2 Å². The summed E-state index contributed by atoms with van der Waals surface area (Å²) in [5.41, 5.74) is 0.746. The fourth-order valence-electron chi connectivity index (χ4n) is 3.63. The molecule has 1 aromatic heterocycles. The van der Waals surface area contributed by atoms with E-state index < -0.39 is 9.84 Å². The summed E-state index contributed by atoms with van der Waals surface area (Å²) in [7, 11) is -1.95. The minimum absolute atomic E-state index is 0.112. The molecule has 1 aliphatic rings. The molecule has 2 aromatic carbocycles. The maximum Gasteiger partial charge on any atom is 0.229 e. The summed E-state index contributed by atoms with van der Waals surface area (Å²) in [6.07, 6.45) is -0.112. The molecule has 2 heterocycles. The van der Waals surface area contributed by atoms with E-state index in [0.29, 0.717) is 37.2 Å². The number of nitrogens with zero attached hydrogens (tertiary/aromatic N) is 3. The molecule has 176 valence electrons. The molecule has 1 fully saturated rings. The van der Waals surface area contributed by atoms with Crippen LogP contribution in [0.1, 0.15) is 6.42 Å². The van der Waals surface area contributed by atoms with Crippen molar-refractivity contribution in [3.05, 3.63) is 48.5 Å². The van der Waals surface area contributed by atoms with E-state index in [1.165, 1.54) is 11.3 Å². The van der Waals surface area contributed by atoms with Gasteiger partial charge in [-0.3, -0.25) is 14.6 Å². The van der Waals surface area contributed by atoms with Gasteiger partial charge in [0.05, 0.1) is 41.2 Å². The molecule has 0 saturated carbocycles. The Hall–Kier alpha value is -2.53. The monoisotopic (exact) mass is 489 g/mol. The van der Waals surface area contributed by atoms with Crippen molar-refractivity contribution in [3.63, 3.8) is 0 Å². The number of carbonyl (C=O) groups is 1. The van der Waals surface area contributed by atoms with Crippen molar-refractivity contribution in [1.82, 2.24) is 9.88 Å². The van der Waals surface area contributed by atoms with Crippen LogP contribution in [0.25, 0.3) is 10.2 Å². The number of rotatable bonds is 9. The molecule has 0 unspecified atom stereocenters. The predicted molar refractivity (Wildman–Crippen MR) is 129 cm³/mol. The van der Waals surface area contributed by atoms with Crippen molar-refractivity contribution in [3.8, 4) is 5.75 Å². The number of aromatic nitrogens is 1. The number of fused-ring (bicyclic) bond motifs is 1. The fourth-order valence-corrected chi connectivity index (χ4v) is 5.87. The maximum atomic E-state index is 13.3. The van der Waals surface area contributed by atoms with E-state index in [4.69, 9.17) is 9.47 Å². The van der Waals surface area contributed by atoms with Gasteiger partial charge >= 0.3 is 0 Å². The number of anilines is 1. The van der Waals surface area contributed by atoms with Gasteiger partial charge in [0, 0.05) is 38.7 Å². The highest BCUT2D eigenvalue weighted by molar-refractivity contribution is 7.91. The van der Waals surface area contributed by atoms with Crippen LogP contribution >= 0.6 is 11.3 Å². The molecule has 3 aromatic rings. The zero-order valence-corrected chi connectivity index (χ0v) is 20.1. The van der Waals surface area contributed by atoms with Crippen molar-refractivity contribution in [1.29, 1.82) is 0 Å². The second-order valence-corrected chi connectivity index (χ2v) is 10.8. The van der Waals surface area contributed by atoms with Crippen LogP contribution in [0.2, 0.25) is 0 Å². The van der Waals surface area contributed by atoms with Gasteiger partial charge in [-0.2, -0.15) is 0 Å². The predicted octanol–water partition coefficient (Wildman–Crippen LogP) is 2.83. The highest BCUT2D eigenvalue weighted by atomic mass is 32.2. The van der Waals surface area contributed by atoms with Crippen molar-refractivity contribution in [2.24, 2.45) is 0 Å². The molecule has 0 atom stereocenters. The van der Waals surface area contributed by atoms with Crippen LogP contribution in [0.4, 0.5) is 5.13 Å². The summed E-state index contributed by atoms with van der Waals surface area (Å²) in [6.45, 7) is 4.05. The first kappa shape index (κ1) is 23.6. The van der Waals surface area contributed by atoms with Gasteiger partial charge in [0.1, 0.15) is 5.75 Å². The molecular weight excluding hydrogens is 462 g/mol. The molecule has 0 bridgehead atoms. The van der Waals surface area contributed by atoms with Crippen LogP contribution in [0, 0.1) is 0 Å². The van der Waals surface area contributed by atoms with Gasteiger partial charge in [-0.05, 0) is 24.3 Å². The smallest absolute Gasteiger partial charge is 0.229 e. The number of amides is 1. The van der Waals surface area contributed by atoms with Crippen LogP contribution in [0.15, 0.2) is 53.4 Å². The van der Waals surface area contributed by atoms with E-state index in [1.54, 1.807) is 42.3 Å². The SMILES string of the molecule is COc1ccc2sc(N(CCN3CCOCC3)C(=O)CCS(=O)(=O)c3ccccc3)nc2c1. The third kappa shape index (κ3) is 5.89. The lowest BCUT2D eigenvalue weighted by molar-refractivity contribution is -0.118. The number of methoxy groups -OCH3 is 1. The summed E-state index contributed by atoms with van der Waals surface area (Å²) in [5, 5.41) is 0.564. The van der Waals surface area contributed by atoms with Gasteiger partial charge in [-0.25, -0.2) is 13.4 Å². The van der Waals surface area contributed by atoms with E-state index in [2.05, 4.69) is 9.88 Å². The molecule has 1 aliphatic heterocycles. The lowest BCUT2D eigenvalue weighted by Crippen LogP contribution is -2.43. The van der Waals surface area contributed by atoms with Crippen molar-refractivity contribution in [2.45, 2.75) is 11.3 Å². The van der Waals surface area contributed by atoms with Gasteiger partial charge in [0.25, 0.3) is 0 Å². The second kappa shape index (κ2) is 10.6. The van der Waals surface area contributed by atoms with Crippen LogP contribution in [-0.4, -0.2) is 76.5 Å². The maximum absolute atomic E-state index is 13.3. The highest BCUT2D eigenvalue weighted by Crippen LogP contribution is 2.31. The van der Waals surface area contributed by atoms with Crippen molar-refractivity contribution in [2.75, 3.05) is 57.2 Å². The Labute approximate surface area is 197 Å². The Morgan fingerprint density at radius 2 is 1.94 bits per heavy atom. The molecule has 8 nitrogen and oxygen atoms in total. The van der Waals surface area contributed by atoms with Crippen molar-refractivity contribution >= 4 is 42.4 Å². The van der Waals surface area contributed by atoms with Gasteiger partial charge < -0.3 is 9.47 Å². The lowest BCUT2D eigenvalue weighted by atomic mass is 10.3. The van der Waals surface area contributed by atoms with Gasteiger partial charge in [-0.1, -0.05) is 29.5 Å². The fraction of sp³-hybridized carbons (Fsp3) is 0.391. The number of ether oxygens (including phenoxy) is 2. The lowest BCUT2D eigenvalue weighted by Gasteiger charge is -2.29. The van der Waals surface area contributed by atoms with Crippen LogP contribution in [-0.2, 0) is 19.4 Å². The Bertz CT molecular complexity index is 1190. The Kier molecular flexibility index (Phi) is 7.59. The normalized spacial score (nSPS) is 14.9. The average molecular weight is 490 g/mol. The molecule has 0 radical (unpaired) electrons. The summed E-state index contributed by atoms with van der Waals surface area (Å²) >= 11 is 1.42. The summed E-state index contributed by atoms with van der Waals surface area (Å²) < 4.78 is 37.0.